The van der Waals surface area contributed by atoms with E-state index in [4.69, 9.17) is 27.9 Å². The molecule has 0 spiro atoms. The minimum atomic E-state index is -0.169. The molecule has 2 unspecified atom stereocenters. The maximum Gasteiger partial charge on any atom is 0.255 e. The van der Waals surface area contributed by atoms with Crippen molar-refractivity contribution in [3.05, 3.63) is 106 Å². The van der Waals surface area contributed by atoms with Crippen molar-refractivity contribution in [1.82, 2.24) is 20.2 Å². The maximum absolute atomic E-state index is 13.5. The number of carbonyl (C=O) groups is 1. The number of nitrogens with zero attached hydrogens (tertiary/aromatic N) is 2. The molecule has 8 heteroatoms. The Balaban J connectivity index is 1.23. The molecule has 1 saturated heterocycles. The van der Waals surface area contributed by atoms with Crippen molar-refractivity contribution in [2.75, 3.05) is 13.2 Å². The molecule has 3 aromatic rings. The van der Waals surface area contributed by atoms with Crippen molar-refractivity contribution in [3.8, 4) is 0 Å². The Hall–Kier alpha value is -3.48. The first-order chi connectivity index (χ1) is 18.8. The minimum absolute atomic E-state index is 0.122. The van der Waals surface area contributed by atoms with E-state index in [0.717, 1.165) is 53.7 Å². The second-order valence-electron chi connectivity index (χ2n) is 9.99. The number of amides is 1. The smallest absolute Gasteiger partial charge is 0.255 e. The lowest BCUT2D eigenvalue weighted by atomic mass is 10.1. The first kappa shape index (κ1) is 27.1. The SMILES string of the molecule is C=C(NC(C)c1nc2cc(Cl)ccc2[nH]1)c1ccc(C(=O)N2CCCC2C(=C)OCC2=CCCC=C2)c(Cl)c1. The number of H-pyrrole nitrogens is 1. The molecule has 0 saturated carbocycles. The van der Waals surface area contributed by atoms with Crippen LogP contribution in [0.5, 0.6) is 0 Å². The van der Waals surface area contributed by atoms with Gasteiger partial charge < -0.3 is 19.9 Å². The first-order valence-electron chi connectivity index (χ1n) is 13.2. The number of fused-ring (bicyclic) bond motifs is 1. The van der Waals surface area contributed by atoms with E-state index < -0.39 is 0 Å². The van der Waals surface area contributed by atoms with Gasteiger partial charge in [-0.2, -0.15) is 0 Å². The van der Waals surface area contributed by atoms with Crippen LogP contribution in [0.25, 0.3) is 16.7 Å². The lowest BCUT2D eigenvalue weighted by Gasteiger charge is -2.27. The Morgan fingerprint density at radius 3 is 2.85 bits per heavy atom. The zero-order valence-corrected chi connectivity index (χ0v) is 23.5. The van der Waals surface area contributed by atoms with Crippen molar-refractivity contribution >= 4 is 45.8 Å². The fourth-order valence-corrected chi connectivity index (χ4v) is 5.47. The average molecular weight is 564 g/mol. The molecule has 2 aliphatic rings. The molecular formula is C31H32Cl2N4O2. The van der Waals surface area contributed by atoms with Crippen molar-refractivity contribution in [1.29, 1.82) is 0 Å². The molecule has 5 rings (SSSR count). The number of rotatable bonds is 9. The van der Waals surface area contributed by atoms with Gasteiger partial charge in [0.25, 0.3) is 5.91 Å². The number of halogens is 2. The molecular weight excluding hydrogens is 531 g/mol. The van der Waals surface area contributed by atoms with Crippen LogP contribution in [0.3, 0.4) is 0 Å². The zero-order valence-electron chi connectivity index (χ0n) is 22.0. The highest BCUT2D eigenvalue weighted by Gasteiger charge is 2.33. The predicted molar refractivity (Wildman–Crippen MR) is 159 cm³/mol. The quantitative estimate of drug-likeness (QED) is 0.263. The van der Waals surface area contributed by atoms with E-state index in [1.54, 1.807) is 12.1 Å². The third-order valence-electron chi connectivity index (χ3n) is 7.19. The molecule has 2 atom stereocenters. The van der Waals surface area contributed by atoms with E-state index in [-0.39, 0.29) is 18.0 Å². The van der Waals surface area contributed by atoms with Gasteiger partial charge in [0.1, 0.15) is 18.2 Å². The summed E-state index contributed by atoms with van der Waals surface area (Å²) in [5.74, 6) is 1.26. The van der Waals surface area contributed by atoms with Crippen LogP contribution in [0.2, 0.25) is 10.0 Å². The summed E-state index contributed by atoms with van der Waals surface area (Å²) in [6.07, 6.45) is 10.2. The summed E-state index contributed by atoms with van der Waals surface area (Å²) in [6, 6.07) is 10.6. The van der Waals surface area contributed by atoms with Gasteiger partial charge in [-0.05, 0) is 74.1 Å². The highest BCUT2D eigenvalue weighted by molar-refractivity contribution is 6.34. The van der Waals surface area contributed by atoms with E-state index in [1.165, 1.54) is 0 Å². The fourth-order valence-electron chi connectivity index (χ4n) is 5.04. The number of carbonyl (C=O) groups excluding carboxylic acids is 1. The van der Waals surface area contributed by atoms with E-state index in [2.05, 4.69) is 46.7 Å². The molecule has 1 amide bonds. The molecule has 1 aromatic heterocycles. The highest BCUT2D eigenvalue weighted by Crippen LogP contribution is 2.30. The summed E-state index contributed by atoms with van der Waals surface area (Å²) in [5, 5.41) is 4.39. The molecule has 2 aromatic carbocycles. The molecule has 0 radical (unpaired) electrons. The van der Waals surface area contributed by atoms with Crippen LogP contribution >= 0.6 is 23.2 Å². The summed E-state index contributed by atoms with van der Waals surface area (Å²) < 4.78 is 5.99. The van der Waals surface area contributed by atoms with Gasteiger partial charge in [-0.15, -0.1) is 0 Å². The van der Waals surface area contributed by atoms with Gasteiger partial charge in [0.2, 0.25) is 0 Å². The Kier molecular flexibility index (Phi) is 8.15. The maximum atomic E-state index is 13.5. The number of likely N-dealkylation sites (tertiary alicyclic amines) is 1. The van der Waals surface area contributed by atoms with Gasteiger partial charge in [-0.1, -0.05) is 60.7 Å². The molecule has 1 fully saturated rings. The van der Waals surface area contributed by atoms with Gasteiger partial charge in [0.15, 0.2) is 0 Å². The molecule has 6 nitrogen and oxygen atoms in total. The van der Waals surface area contributed by atoms with E-state index >= 15 is 0 Å². The third kappa shape index (κ3) is 6.07. The van der Waals surface area contributed by atoms with Gasteiger partial charge in [-0.25, -0.2) is 4.98 Å². The van der Waals surface area contributed by atoms with Crippen LogP contribution in [-0.4, -0.2) is 40.0 Å². The summed E-state index contributed by atoms with van der Waals surface area (Å²) in [7, 11) is 0. The van der Waals surface area contributed by atoms with Crippen LogP contribution in [0.1, 0.15) is 60.4 Å². The molecule has 0 bridgehead atoms. The molecule has 1 aliphatic carbocycles. The predicted octanol–water partition coefficient (Wildman–Crippen LogP) is 7.60. The van der Waals surface area contributed by atoms with Crippen molar-refractivity contribution in [2.24, 2.45) is 0 Å². The summed E-state index contributed by atoms with van der Waals surface area (Å²) >= 11 is 12.7. The highest BCUT2D eigenvalue weighted by atomic mass is 35.5. The number of hydrogen-bond donors (Lipinski definition) is 2. The molecule has 202 valence electrons. The number of ether oxygens (including phenoxy) is 1. The fraction of sp³-hybridized carbons (Fsp3) is 0.290. The van der Waals surface area contributed by atoms with Crippen LogP contribution < -0.4 is 5.32 Å². The average Bonchev–Trinajstić information content (AvgIpc) is 3.59. The van der Waals surface area contributed by atoms with E-state index in [1.807, 2.05) is 36.1 Å². The minimum Gasteiger partial charge on any atom is -0.492 e. The lowest BCUT2D eigenvalue weighted by Crippen LogP contribution is -2.37. The topological polar surface area (TPSA) is 70.2 Å². The Bertz CT molecular complexity index is 1490. The first-order valence-corrected chi connectivity index (χ1v) is 13.9. The summed E-state index contributed by atoms with van der Waals surface area (Å²) in [6.45, 7) is 11.4. The summed E-state index contributed by atoms with van der Waals surface area (Å²) in [5.41, 5.74) is 4.78. The van der Waals surface area contributed by atoms with Crippen LogP contribution in [-0.2, 0) is 4.74 Å². The van der Waals surface area contributed by atoms with Crippen LogP contribution in [0, 0.1) is 0 Å². The largest absolute Gasteiger partial charge is 0.492 e. The third-order valence-corrected chi connectivity index (χ3v) is 7.74. The van der Waals surface area contributed by atoms with Gasteiger partial charge >= 0.3 is 0 Å². The van der Waals surface area contributed by atoms with E-state index in [0.29, 0.717) is 40.2 Å². The number of nitrogens with one attached hydrogen (secondary N) is 2. The molecule has 2 heterocycles. The number of hydrogen-bond acceptors (Lipinski definition) is 4. The van der Waals surface area contributed by atoms with E-state index in [9.17, 15) is 4.79 Å². The van der Waals surface area contributed by atoms with Gasteiger partial charge in [0.05, 0.1) is 33.7 Å². The number of benzene rings is 2. The Morgan fingerprint density at radius 1 is 1.23 bits per heavy atom. The monoisotopic (exact) mass is 562 g/mol. The zero-order chi connectivity index (χ0) is 27.5. The van der Waals surface area contributed by atoms with Crippen LogP contribution in [0.15, 0.2) is 79.1 Å². The second-order valence-corrected chi connectivity index (χ2v) is 10.8. The molecule has 39 heavy (non-hydrogen) atoms. The standard InChI is InChI=1S/C31H32Cl2N4O2/c1-19(34-20(2)30-35-27-14-12-24(32)17-28(27)36-30)23-11-13-25(26(33)16-23)31(38)37-15-7-10-29(37)21(3)39-18-22-8-5-4-6-9-22/h5,8-9,11-14,16-17,20,29,34H,1,3-4,6-7,10,15,18H2,2H3,(H,35,36). The normalized spacial score (nSPS) is 17.7. The van der Waals surface area contributed by atoms with Gasteiger partial charge in [0, 0.05) is 17.3 Å². The van der Waals surface area contributed by atoms with Crippen molar-refractivity contribution < 1.29 is 9.53 Å². The van der Waals surface area contributed by atoms with Crippen molar-refractivity contribution in [2.45, 2.75) is 44.7 Å². The number of imidazole rings is 1. The van der Waals surface area contributed by atoms with Crippen LogP contribution in [0.4, 0.5) is 0 Å². The number of allylic oxidation sites excluding steroid dienone is 2. The lowest BCUT2D eigenvalue weighted by molar-refractivity contribution is 0.0706. The van der Waals surface area contributed by atoms with Crippen molar-refractivity contribution in [3.63, 3.8) is 0 Å². The second kappa shape index (κ2) is 11.7. The molecule has 2 N–H and O–H groups in total. The van der Waals surface area contributed by atoms with Gasteiger partial charge in [-0.3, -0.25) is 4.79 Å². The molecule has 1 aliphatic heterocycles. The Morgan fingerprint density at radius 2 is 2.08 bits per heavy atom. The summed E-state index contributed by atoms with van der Waals surface area (Å²) in [4.78, 5) is 23.3. The Labute approximate surface area is 239 Å². The number of aromatic nitrogens is 2. The number of aromatic amines is 1.